The molecule has 25 heavy (non-hydrogen) atoms. The zero-order valence-electron chi connectivity index (χ0n) is 14.7. The lowest BCUT2D eigenvalue weighted by molar-refractivity contribution is -0.120. The van der Waals surface area contributed by atoms with Crippen LogP contribution in [-0.4, -0.2) is 40.0 Å². The average molecular weight is 357 g/mol. The lowest BCUT2D eigenvalue weighted by Crippen LogP contribution is -2.44. The summed E-state index contributed by atoms with van der Waals surface area (Å²) in [6.07, 6.45) is 3.05. The van der Waals surface area contributed by atoms with Crippen molar-refractivity contribution >= 4 is 27.9 Å². The molecule has 1 aromatic carbocycles. The summed E-state index contributed by atoms with van der Waals surface area (Å²) >= 11 is 1.51. The number of aromatic hydroxyl groups is 1. The molecule has 0 aliphatic carbocycles. The third-order valence-corrected chi connectivity index (χ3v) is 5.65. The van der Waals surface area contributed by atoms with Crippen molar-refractivity contribution in [2.24, 2.45) is 0 Å². The van der Waals surface area contributed by atoms with Gasteiger partial charge in [0, 0.05) is 18.0 Å². The predicted octanol–water partition coefficient (Wildman–Crippen LogP) is 3.58. The molecule has 132 valence electrons. The lowest BCUT2D eigenvalue weighted by Gasteiger charge is -2.30. The first kappa shape index (κ1) is 17.6. The van der Waals surface area contributed by atoms with E-state index < -0.39 is 0 Å². The van der Waals surface area contributed by atoms with E-state index in [-0.39, 0.29) is 17.7 Å². The van der Waals surface area contributed by atoms with Crippen LogP contribution in [0.4, 0.5) is 5.13 Å². The number of amides is 1. The molecule has 0 fully saturated rings. The van der Waals surface area contributed by atoms with Gasteiger partial charge in [-0.25, -0.2) is 4.98 Å². The van der Waals surface area contributed by atoms with Gasteiger partial charge in [-0.15, -0.1) is 11.3 Å². The highest BCUT2D eigenvalue weighted by Gasteiger charge is 2.24. The van der Waals surface area contributed by atoms with E-state index >= 15 is 0 Å². The minimum Gasteiger partial charge on any atom is -0.508 e. The number of hydrogen-bond donors (Lipinski definition) is 2. The number of carbonyl (C=O) groups excluding carboxylic acids is 1. The predicted molar refractivity (Wildman–Crippen MR) is 102 cm³/mol. The first-order valence-corrected chi connectivity index (χ1v) is 9.23. The zero-order chi connectivity index (χ0) is 18.0. The molecular weight excluding hydrogens is 334 g/mol. The van der Waals surface area contributed by atoms with Crippen molar-refractivity contribution in [2.75, 3.05) is 18.4 Å². The molecule has 1 aromatic heterocycles. The van der Waals surface area contributed by atoms with Crippen LogP contribution in [0.3, 0.4) is 0 Å². The number of nitrogens with zero attached hydrogens (tertiary/aromatic N) is 2. The third-order valence-electron chi connectivity index (χ3n) is 4.66. The van der Waals surface area contributed by atoms with E-state index in [9.17, 15) is 9.90 Å². The van der Waals surface area contributed by atoms with Gasteiger partial charge in [-0.05, 0) is 50.5 Å². The van der Waals surface area contributed by atoms with Crippen LogP contribution in [0.1, 0.15) is 29.5 Å². The molecule has 1 aliphatic rings. The fraction of sp³-hybridized carbons (Fsp3) is 0.368. The summed E-state index contributed by atoms with van der Waals surface area (Å²) in [4.78, 5) is 20.1. The Labute approximate surface area is 152 Å². The summed E-state index contributed by atoms with van der Waals surface area (Å²) in [6.45, 7) is 7.46. The Kier molecular flexibility index (Phi) is 5.20. The van der Waals surface area contributed by atoms with Crippen molar-refractivity contribution in [3.63, 3.8) is 0 Å². The van der Waals surface area contributed by atoms with Gasteiger partial charge in [0.1, 0.15) is 5.75 Å². The average Bonchev–Trinajstić information content (AvgIpc) is 2.92. The minimum atomic E-state index is -0.206. The number of rotatable bonds is 4. The third kappa shape index (κ3) is 4.08. The molecule has 0 bridgehead atoms. The molecule has 2 heterocycles. The maximum absolute atomic E-state index is 12.5. The van der Waals surface area contributed by atoms with E-state index in [1.807, 2.05) is 32.9 Å². The van der Waals surface area contributed by atoms with Gasteiger partial charge in [0.05, 0.1) is 11.7 Å². The van der Waals surface area contributed by atoms with Gasteiger partial charge in [-0.3, -0.25) is 9.69 Å². The minimum absolute atomic E-state index is 0.0183. The molecule has 3 rings (SSSR count). The maximum Gasteiger partial charge on any atom is 0.243 e. The largest absolute Gasteiger partial charge is 0.508 e. The Morgan fingerprint density at radius 1 is 1.32 bits per heavy atom. The van der Waals surface area contributed by atoms with Gasteiger partial charge in [-0.2, -0.15) is 0 Å². The number of aromatic nitrogens is 1. The van der Waals surface area contributed by atoms with Crippen LogP contribution in [-0.2, 0) is 4.79 Å². The summed E-state index contributed by atoms with van der Waals surface area (Å²) in [5.74, 6) is 0.259. The molecule has 0 saturated heterocycles. The Morgan fingerprint density at radius 2 is 2.04 bits per heavy atom. The van der Waals surface area contributed by atoms with Crippen LogP contribution >= 0.6 is 11.3 Å². The van der Waals surface area contributed by atoms with Crippen LogP contribution < -0.4 is 5.32 Å². The second-order valence-corrected chi connectivity index (χ2v) is 7.55. The monoisotopic (exact) mass is 357 g/mol. The van der Waals surface area contributed by atoms with Crippen LogP contribution in [0, 0.1) is 13.8 Å². The Morgan fingerprint density at radius 3 is 2.60 bits per heavy atom. The second-order valence-electron chi connectivity index (χ2n) is 6.35. The highest BCUT2D eigenvalue weighted by molar-refractivity contribution is 7.15. The lowest BCUT2D eigenvalue weighted by atomic mass is 9.98. The fourth-order valence-corrected chi connectivity index (χ4v) is 3.69. The number of phenols is 1. The molecule has 0 saturated carbocycles. The van der Waals surface area contributed by atoms with E-state index in [1.54, 1.807) is 12.1 Å². The summed E-state index contributed by atoms with van der Waals surface area (Å²) in [6, 6.07) is 7.06. The molecular formula is C19H23N3O2S. The van der Waals surface area contributed by atoms with E-state index in [1.165, 1.54) is 16.9 Å². The van der Waals surface area contributed by atoms with Crippen LogP contribution in [0.2, 0.25) is 0 Å². The molecule has 5 nitrogen and oxygen atoms in total. The van der Waals surface area contributed by atoms with E-state index in [4.69, 9.17) is 0 Å². The first-order valence-electron chi connectivity index (χ1n) is 8.41. The number of benzene rings is 1. The highest BCUT2D eigenvalue weighted by atomic mass is 32.1. The first-order chi connectivity index (χ1) is 11.9. The molecule has 1 atom stereocenters. The number of nitrogens with one attached hydrogen (secondary N) is 1. The quantitative estimate of drug-likeness (QED) is 0.878. The van der Waals surface area contributed by atoms with E-state index in [0.717, 1.165) is 35.6 Å². The number of anilines is 1. The Balaban J connectivity index is 1.61. The number of phenolic OH excluding ortho intramolecular Hbond substituents is 1. The SMILES string of the molecule is Cc1nc(NC(=O)C(C)N2CC=C(c3ccc(O)cc3)CC2)sc1C. The smallest absolute Gasteiger partial charge is 0.243 e. The number of aryl methyl sites for hydroxylation is 2. The second kappa shape index (κ2) is 7.37. The van der Waals surface area contributed by atoms with Crippen molar-refractivity contribution < 1.29 is 9.90 Å². The van der Waals surface area contributed by atoms with Crippen LogP contribution in [0.25, 0.3) is 5.57 Å². The van der Waals surface area contributed by atoms with Crippen molar-refractivity contribution in [3.8, 4) is 5.75 Å². The summed E-state index contributed by atoms with van der Waals surface area (Å²) in [5, 5.41) is 13.0. The highest BCUT2D eigenvalue weighted by Crippen LogP contribution is 2.25. The maximum atomic E-state index is 12.5. The zero-order valence-corrected chi connectivity index (χ0v) is 15.6. The standard InChI is InChI=1S/C19H23N3O2S/c1-12-14(3)25-19(20-12)21-18(24)13(2)22-10-8-16(9-11-22)15-4-6-17(23)7-5-15/h4-8,13,23H,9-11H2,1-3H3,(H,20,21,24). The molecule has 2 N–H and O–H groups in total. The van der Waals surface area contributed by atoms with Gasteiger partial charge in [-0.1, -0.05) is 18.2 Å². The summed E-state index contributed by atoms with van der Waals surface area (Å²) in [7, 11) is 0. The van der Waals surface area contributed by atoms with Crippen LogP contribution in [0.5, 0.6) is 5.75 Å². The van der Waals surface area contributed by atoms with Gasteiger partial charge >= 0.3 is 0 Å². The fourth-order valence-electron chi connectivity index (χ4n) is 2.88. The molecule has 6 heteroatoms. The van der Waals surface area contributed by atoms with E-state index in [0.29, 0.717) is 5.13 Å². The number of thiazole rings is 1. The molecule has 2 aromatic rings. The molecule has 1 amide bonds. The number of carbonyl (C=O) groups is 1. The molecule has 0 radical (unpaired) electrons. The number of hydrogen-bond acceptors (Lipinski definition) is 5. The summed E-state index contributed by atoms with van der Waals surface area (Å²) < 4.78 is 0. The van der Waals surface area contributed by atoms with Gasteiger partial charge < -0.3 is 10.4 Å². The van der Waals surface area contributed by atoms with E-state index in [2.05, 4.69) is 21.3 Å². The van der Waals surface area contributed by atoms with Crippen molar-refractivity contribution in [2.45, 2.75) is 33.2 Å². The van der Waals surface area contributed by atoms with Crippen molar-refractivity contribution in [1.82, 2.24) is 9.88 Å². The Hall–Kier alpha value is -2.18. The molecule has 1 aliphatic heterocycles. The van der Waals surface area contributed by atoms with Gasteiger partial charge in [0.15, 0.2) is 5.13 Å². The van der Waals surface area contributed by atoms with Crippen molar-refractivity contribution in [3.05, 3.63) is 46.5 Å². The summed E-state index contributed by atoms with van der Waals surface area (Å²) in [5.41, 5.74) is 3.35. The Bertz CT molecular complexity index is 776. The molecule has 0 spiro atoms. The molecule has 1 unspecified atom stereocenters. The van der Waals surface area contributed by atoms with Gasteiger partial charge in [0.25, 0.3) is 0 Å². The normalized spacial score (nSPS) is 16.4. The van der Waals surface area contributed by atoms with Crippen LogP contribution in [0.15, 0.2) is 30.3 Å². The topological polar surface area (TPSA) is 65.5 Å². The van der Waals surface area contributed by atoms with Gasteiger partial charge in [0.2, 0.25) is 5.91 Å². The van der Waals surface area contributed by atoms with Crippen molar-refractivity contribution in [1.29, 1.82) is 0 Å².